The summed E-state index contributed by atoms with van der Waals surface area (Å²) in [6.07, 6.45) is 1.63. The van der Waals surface area contributed by atoms with Crippen LogP contribution in [0.25, 0.3) is 22.4 Å². The molecule has 0 atom stereocenters. The molecular weight excluding hydrogens is 394 g/mol. The predicted octanol–water partition coefficient (Wildman–Crippen LogP) is 5.58. The molecule has 2 aromatic heterocycles. The molecule has 0 fully saturated rings. The Balaban J connectivity index is 1.63. The Kier molecular flexibility index (Phi) is 5.24. The molecule has 0 saturated heterocycles. The molecule has 2 heterocycles. The van der Waals surface area contributed by atoms with Crippen LogP contribution in [0.3, 0.4) is 0 Å². The molecule has 0 spiro atoms. The largest absolute Gasteiger partial charge is 0.444 e. The van der Waals surface area contributed by atoms with Gasteiger partial charge in [-0.3, -0.25) is 9.36 Å². The maximum absolute atomic E-state index is 12.9. The lowest BCUT2D eigenvalue weighted by Crippen LogP contribution is -2.25. The minimum atomic E-state index is -0.0251. The highest BCUT2D eigenvalue weighted by Gasteiger charge is 2.15. The van der Waals surface area contributed by atoms with E-state index in [0.29, 0.717) is 32.7 Å². The third-order valence-corrected chi connectivity index (χ3v) is 5.49. The smallest absolute Gasteiger partial charge is 0.262 e. The van der Waals surface area contributed by atoms with Gasteiger partial charge in [-0.1, -0.05) is 41.6 Å². The molecule has 2 aromatic carbocycles. The summed E-state index contributed by atoms with van der Waals surface area (Å²) >= 11 is 7.51. The third-order valence-electron chi connectivity index (χ3n) is 4.26. The summed E-state index contributed by atoms with van der Waals surface area (Å²) in [4.78, 5) is 22.1. The average Bonchev–Trinajstić information content (AvgIpc) is 3.15. The van der Waals surface area contributed by atoms with E-state index < -0.39 is 0 Å². The summed E-state index contributed by atoms with van der Waals surface area (Å²) in [7, 11) is 0. The summed E-state index contributed by atoms with van der Waals surface area (Å²) in [5, 5.41) is 1.93. The Morgan fingerprint density at radius 1 is 1.14 bits per heavy atom. The fraction of sp³-hybridized carbons (Fsp3) is 0.190. The maximum Gasteiger partial charge on any atom is 0.262 e. The molecule has 0 bridgehead atoms. The van der Waals surface area contributed by atoms with Crippen molar-refractivity contribution < 1.29 is 4.42 Å². The topological polar surface area (TPSA) is 60.9 Å². The summed E-state index contributed by atoms with van der Waals surface area (Å²) in [6.45, 7) is 3.96. The monoisotopic (exact) mass is 411 g/mol. The molecule has 0 N–H and O–H groups in total. The van der Waals surface area contributed by atoms with Crippen LogP contribution in [0.2, 0.25) is 5.02 Å². The lowest BCUT2D eigenvalue weighted by atomic mass is 10.2. The first kappa shape index (κ1) is 18.8. The van der Waals surface area contributed by atoms with Crippen LogP contribution in [-0.2, 0) is 5.75 Å². The van der Waals surface area contributed by atoms with Crippen LogP contribution in [0, 0.1) is 0 Å². The van der Waals surface area contributed by atoms with E-state index in [2.05, 4.69) is 4.98 Å². The number of fused-ring (bicyclic) bond motifs is 1. The number of thioether (sulfide) groups is 1. The number of benzene rings is 2. The third kappa shape index (κ3) is 3.70. The number of hydrogen-bond donors (Lipinski definition) is 0. The van der Waals surface area contributed by atoms with Gasteiger partial charge < -0.3 is 4.42 Å². The molecule has 28 heavy (non-hydrogen) atoms. The second-order valence-corrected chi connectivity index (χ2v) is 8.00. The molecule has 7 heteroatoms. The maximum atomic E-state index is 12.9. The van der Waals surface area contributed by atoms with Crippen molar-refractivity contribution in [1.29, 1.82) is 0 Å². The van der Waals surface area contributed by atoms with Crippen LogP contribution in [0.5, 0.6) is 0 Å². The van der Waals surface area contributed by atoms with Crippen LogP contribution in [0.4, 0.5) is 0 Å². The first-order valence-corrected chi connectivity index (χ1v) is 10.2. The van der Waals surface area contributed by atoms with Crippen molar-refractivity contribution >= 4 is 34.3 Å². The number of hydrogen-bond acceptors (Lipinski definition) is 5. The lowest BCUT2D eigenvalue weighted by Gasteiger charge is -2.15. The Morgan fingerprint density at radius 2 is 1.96 bits per heavy atom. The Morgan fingerprint density at radius 3 is 2.75 bits per heavy atom. The van der Waals surface area contributed by atoms with E-state index in [9.17, 15) is 4.79 Å². The van der Waals surface area contributed by atoms with Crippen LogP contribution in [0.1, 0.15) is 25.6 Å². The van der Waals surface area contributed by atoms with Crippen molar-refractivity contribution in [3.8, 4) is 11.5 Å². The van der Waals surface area contributed by atoms with Crippen molar-refractivity contribution in [3.63, 3.8) is 0 Å². The first-order valence-electron chi connectivity index (χ1n) is 8.87. The van der Waals surface area contributed by atoms with Gasteiger partial charge in [-0.25, -0.2) is 9.97 Å². The minimum Gasteiger partial charge on any atom is -0.444 e. The lowest BCUT2D eigenvalue weighted by molar-refractivity contribution is 0.519. The van der Waals surface area contributed by atoms with Crippen LogP contribution >= 0.6 is 23.4 Å². The summed E-state index contributed by atoms with van der Waals surface area (Å²) in [5.41, 5.74) is 2.28. The van der Waals surface area contributed by atoms with E-state index in [4.69, 9.17) is 21.0 Å². The molecule has 0 aliphatic rings. The highest BCUT2D eigenvalue weighted by atomic mass is 35.5. The van der Waals surface area contributed by atoms with E-state index in [0.717, 1.165) is 11.3 Å². The zero-order valence-electron chi connectivity index (χ0n) is 15.4. The fourth-order valence-electron chi connectivity index (χ4n) is 2.95. The highest BCUT2D eigenvalue weighted by molar-refractivity contribution is 7.98. The molecule has 0 aliphatic heterocycles. The van der Waals surface area contributed by atoms with Crippen molar-refractivity contribution in [2.45, 2.75) is 30.8 Å². The normalized spacial score (nSPS) is 11.4. The molecule has 5 nitrogen and oxygen atoms in total. The Hall–Kier alpha value is -2.57. The highest BCUT2D eigenvalue weighted by Crippen LogP contribution is 2.27. The van der Waals surface area contributed by atoms with Crippen molar-refractivity contribution in [2.24, 2.45) is 0 Å². The summed E-state index contributed by atoms with van der Waals surface area (Å²) < 4.78 is 7.32. The quantitative estimate of drug-likeness (QED) is 0.317. The van der Waals surface area contributed by atoms with Crippen molar-refractivity contribution in [3.05, 3.63) is 75.9 Å². The predicted molar refractivity (Wildman–Crippen MR) is 113 cm³/mol. The standard InChI is InChI=1S/C21H18ClN3O2S/c1-13(2)25-20(26)17-8-3-4-9-18(17)24-21(25)28-12-16-11-27-19(23-16)14-6-5-7-15(22)10-14/h3-11,13H,12H2,1-2H3. The number of aromatic nitrogens is 3. The summed E-state index contributed by atoms with van der Waals surface area (Å²) in [5.74, 6) is 1.06. The van der Waals surface area contributed by atoms with E-state index >= 15 is 0 Å². The van der Waals surface area contributed by atoms with Gasteiger partial charge in [0.05, 0.1) is 16.6 Å². The second kappa shape index (κ2) is 7.81. The number of halogens is 1. The molecular formula is C21H18ClN3O2S. The van der Waals surface area contributed by atoms with Gasteiger partial charge in [-0.2, -0.15) is 0 Å². The van der Waals surface area contributed by atoms with Crippen LogP contribution < -0.4 is 5.56 Å². The zero-order valence-corrected chi connectivity index (χ0v) is 17.0. The molecule has 4 rings (SSSR count). The van der Waals surface area contributed by atoms with Gasteiger partial charge in [-0.15, -0.1) is 0 Å². The van der Waals surface area contributed by atoms with E-state index in [1.807, 2.05) is 56.3 Å². The molecule has 0 aliphatic carbocycles. The summed E-state index contributed by atoms with van der Waals surface area (Å²) in [6, 6.07) is 14.8. The molecule has 142 valence electrons. The van der Waals surface area contributed by atoms with Crippen molar-refractivity contribution in [1.82, 2.24) is 14.5 Å². The van der Waals surface area contributed by atoms with Gasteiger partial charge in [0.15, 0.2) is 5.16 Å². The van der Waals surface area contributed by atoms with Gasteiger partial charge in [0.25, 0.3) is 5.56 Å². The van der Waals surface area contributed by atoms with Gasteiger partial charge in [0.1, 0.15) is 6.26 Å². The van der Waals surface area contributed by atoms with E-state index in [1.165, 1.54) is 11.8 Å². The number of nitrogens with zero attached hydrogens (tertiary/aromatic N) is 3. The van der Waals surface area contributed by atoms with E-state index in [-0.39, 0.29) is 11.6 Å². The minimum absolute atomic E-state index is 0.00596. The molecule has 0 unspecified atom stereocenters. The SMILES string of the molecule is CC(C)n1c(SCc2coc(-c3cccc(Cl)c3)n2)nc2ccccc2c1=O. The van der Waals surface area contributed by atoms with Crippen LogP contribution in [0.15, 0.2) is 69.2 Å². The average molecular weight is 412 g/mol. The number of para-hydroxylation sites is 1. The van der Waals surface area contributed by atoms with Crippen LogP contribution in [-0.4, -0.2) is 14.5 Å². The fourth-order valence-corrected chi connectivity index (χ4v) is 4.14. The molecule has 0 saturated carbocycles. The van der Waals surface area contributed by atoms with Gasteiger partial charge in [-0.05, 0) is 44.2 Å². The Labute approximate surface area is 171 Å². The molecule has 0 radical (unpaired) electrons. The molecule has 0 amide bonds. The van der Waals surface area contributed by atoms with E-state index in [1.54, 1.807) is 16.9 Å². The van der Waals surface area contributed by atoms with Gasteiger partial charge in [0, 0.05) is 22.4 Å². The second-order valence-electron chi connectivity index (χ2n) is 6.62. The Bertz CT molecular complexity index is 1200. The van der Waals surface area contributed by atoms with Crippen molar-refractivity contribution in [2.75, 3.05) is 0 Å². The first-order chi connectivity index (χ1) is 13.5. The van der Waals surface area contributed by atoms with Gasteiger partial charge >= 0.3 is 0 Å². The number of rotatable bonds is 5. The molecule has 4 aromatic rings. The van der Waals surface area contributed by atoms with Gasteiger partial charge in [0.2, 0.25) is 5.89 Å². The number of oxazole rings is 1. The zero-order chi connectivity index (χ0) is 19.7.